The zero-order valence-corrected chi connectivity index (χ0v) is 15.4. The second-order valence-electron chi connectivity index (χ2n) is 6.29. The van der Waals surface area contributed by atoms with Crippen molar-refractivity contribution in [2.45, 2.75) is 18.9 Å². The summed E-state index contributed by atoms with van der Waals surface area (Å²) in [6.07, 6.45) is 2.28. The standard InChI is InChI=1S/C17H24N2O3.2ClH/c1-2-15-16(22-12-21-15)11-14(1)17(13-3-9-20-10-4-13)19-7-5-18-6-8-19;;/h1-2,11,13,17-18H,3-10,12H2;2*1H/t17-;;/m0../s1. The third-order valence-electron chi connectivity index (χ3n) is 5.00. The summed E-state index contributed by atoms with van der Waals surface area (Å²) < 4.78 is 16.6. The molecule has 1 N–H and O–H groups in total. The van der Waals surface area contributed by atoms with Gasteiger partial charge in [-0.25, -0.2) is 0 Å². The molecule has 2 fully saturated rings. The van der Waals surface area contributed by atoms with E-state index in [9.17, 15) is 0 Å². The van der Waals surface area contributed by atoms with Gasteiger partial charge < -0.3 is 19.5 Å². The van der Waals surface area contributed by atoms with Gasteiger partial charge in [-0.2, -0.15) is 0 Å². The van der Waals surface area contributed by atoms with Crippen molar-refractivity contribution >= 4 is 24.8 Å². The van der Waals surface area contributed by atoms with Crippen LogP contribution in [0.25, 0.3) is 0 Å². The number of nitrogens with one attached hydrogen (secondary N) is 1. The Labute approximate surface area is 155 Å². The van der Waals surface area contributed by atoms with Crippen LogP contribution in [0.5, 0.6) is 11.5 Å². The summed E-state index contributed by atoms with van der Waals surface area (Å²) in [6, 6.07) is 6.92. The van der Waals surface area contributed by atoms with Gasteiger partial charge in [0.2, 0.25) is 6.79 Å². The minimum absolute atomic E-state index is 0. The van der Waals surface area contributed by atoms with E-state index < -0.39 is 0 Å². The lowest BCUT2D eigenvalue weighted by Crippen LogP contribution is -2.47. The molecular weight excluding hydrogens is 351 g/mol. The molecule has 1 atom stereocenters. The number of hydrogen-bond acceptors (Lipinski definition) is 5. The van der Waals surface area contributed by atoms with E-state index in [0.29, 0.717) is 18.8 Å². The summed E-state index contributed by atoms with van der Waals surface area (Å²) in [6.45, 7) is 6.48. The number of hydrogen-bond donors (Lipinski definition) is 1. The molecule has 3 heterocycles. The molecule has 0 amide bonds. The van der Waals surface area contributed by atoms with E-state index in [4.69, 9.17) is 14.2 Å². The number of nitrogens with zero attached hydrogens (tertiary/aromatic N) is 1. The summed E-state index contributed by atoms with van der Waals surface area (Å²) in [5, 5.41) is 3.45. The Kier molecular flexibility index (Phi) is 7.44. The number of ether oxygens (including phenoxy) is 3. The van der Waals surface area contributed by atoms with Crippen molar-refractivity contribution in [1.82, 2.24) is 10.2 Å². The Morgan fingerprint density at radius 2 is 1.71 bits per heavy atom. The van der Waals surface area contributed by atoms with Gasteiger partial charge in [0, 0.05) is 45.4 Å². The highest BCUT2D eigenvalue weighted by atomic mass is 35.5. The van der Waals surface area contributed by atoms with Crippen molar-refractivity contribution in [3.8, 4) is 11.5 Å². The molecule has 0 radical (unpaired) electrons. The Balaban J connectivity index is 0.00000104. The Morgan fingerprint density at radius 3 is 2.46 bits per heavy atom. The van der Waals surface area contributed by atoms with E-state index >= 15 is 0 Å². The summed E-state index contributed by atoms with van der Waals surface area (Å²) in [7, 11) is 0. The fourth-order valence-electron chi connectivity index (χ4n) is 3.87. The molecule has 0 aromatic heterocycles. The van der Waals surface area contributed by atoms with Crippen LogP contribution in [0.1, 0.15) is 24.4 Å². The van der Waals surface area contributed by atoms with Crippen molar-refractivity contribution in [2.75, 3.05) is 46.2 Å². The van der Waals surface area contributed by atoms with Crippen LogP contribution in [0, 0.1) is 5.92 Å². The minimum atomic E-state index is 0. The first-order valence-corrected chi connectivity index (χ1v) is 8.34. The SMILES string of the molecule is Cl.Cl.c1cc2c(cc1[C@H](C1CCOCC1)N1CCNCC1)OCO2. The number of piperazine rings is 1. The zero-order chi connectivity index (χ0) is 14.8. The fraction of sp³-hybridized carbons (Fsp3) is 0.647. The lowest BCUT2D eigenvalue weighted by molar-refractivity contribution is 0.0212. The smallest absolute Gasteiger partial charge is 0.231 e. The lowest BCUT2D eigenvalue weighted by Gasteiger charge is -2.41. The normalized spacial score (nSPS) is 22.3. The van der Waals surface area contributed by atoms with Crippen LogP contribution in [0.4, 0.5) is 0 Å². The first-order chi connectivity index (χ1) is 10.9. The summed E-state index contributed by atoms with van der Waals surface area (Å²) in [5.74, 6) is 2.42. The number of halogens is 2. The molecule has 3 aliphatic rings. The summed E-state index contributed by atoms with van der Waals surface area (Å²) >= 11 is 0. The van der Waals surface area contributed by atoms with Gasteiger partial charge in [0.1, 0.15) is 0 Å². The van der Waals surface area contributed by atoms with Crippen LogP contribution in [0.15, 0.2) is 18.2 Å². The molecule has 24 heavy (non-hydrogen) atoms. The highest BCUT2D eigenvalue weighted by molar-refractivity contribution is 5.85. The second kappa shape index (κ2) is 9.11. The molecule has 5 nitrogen and oxygen atoms in total. The van der Waals surface area contributed by atoms with Gasteiger partial charge in [-0.05, 0) is 36.5 Å². The van der Waals surface area contributed by atoms with E-state index in [0.717, 1.165) is 63.7 Å². The van der Waals surface area contributed by atoms with Gasteiger partial charge in [0.25, 0.3) is 0 Å². The van der Waals surface area contributed by atoms with E-state index in [1.807, 2.05) is 0 Å². The predicted octanol–water partition coefficient (Wildman–Crippen LogP) is 2.63. The average molecular weight is 377 g/mol. The molecule has 2 saturated heterocycles. The van der Waals surface area contributed by atoms with Crippen LogP contribution in [-0.2, 0) is 4.74 Å². The first kappa shape index (κ1) is 19.6. The minimum Gasteiger partial charge on any atom is -0.454 e. The van der Waals surface area contributed by atoms with Crippen molar-refractivity contribution in [3.05, 3.63) is 23.8 Å². The molecule has 0 aliphatic carbocycles. The molecule has 0 bridgehead atoms. The van der Waals surface area contributed by atoms with Crippen molar-refractivity contribution in [3.63, 3.8) is 0 Å². The van der Waals surface area contributed by atoms with E-state index in [1.54, 1.807) is 0 Å². The Morgan fingerprint density at radius 1 is 1.00 bits per heavy atom. The molecule has 3 aliphatic heterocycles. The number of rotatable bonds is 3. The zero-order valence-electron chi connectivity index (χ0n) is 13.7. The monoisotopic (exact) mass is 376 g/mol. The third kappa shape index (κ3) is 4.09. The quantitative estimate of drug-likeness (QED) is 0.877. The lowest BCUT2D eigenvalue weighted by atomic mass is 9.85. The van der Waals surface area contributed by atoms with Crippen LogP contribution >= 0.6 is 24.8 Å². The van der Waals surface area contributed by atoms with Crippen LogP contribution in [0.3, 0.4) is 0 Å². The van der Waals surface area contributed by atoms with Gasteiger partial charge >= 0.3 is 0 Å². The first-order valence-electron chi connectivity index (χ1n) is 8.34. The van der Waals surface area contributed by atoms with E-state index in [-0.39, 0.29) is 24.8 Å². The topological polar surface area (TPSA) is 43.0 Å². The summed E-state index contributed by atoms with van der Waals surface area (Å²) in [5.41, 5.74) is 1.36. The van der Waals surface area contributed by atoms with Gasteiger partial charge in [-0.3, -0.25) is 4.90 Å². The number of benzene rings is 1. The fourth-order valence-corrected chi connectivity index (χ4v) is 3.87. The largest absolute Gasteiger partial charge is 0.454 e. The molecule has 136 valence electrons. The van der Waals surface area contributed by atoms with Gasteiger partial charge in [0.15, 0.2) is 11.5 Å². The van der Waals surface area contributed by atoms with Gasteiger partial charge in [-0.15, -0.1) is 24.8 Å². The molecule has 0 unspecified atom stereocenters. The third-order valence-corrected chi connectivity index (χ3v) is 5.00. The van der Waals surface area contributed by atoms with Crippen LogP contribution < -0.4 is 14.8 Å². The molecule has 0 spiro atoms. The number of fused-ring (bicyclic) bond motifs is 1. The molecule has 7 heteroatoms. The van der Waals surface area contributed by atoms with Crippen molar-refractivity contribution in [1.29, 1.82) is 0 Å². The molecule has 1 aromatic carbocycles. The Bertz CT molecular complexity index is 503. The maximum absolute atomic E-state index is 5.59. The predicted molar refractivity (Wildman–Crippen MR) is 97.8 cm³/mol. The highest BCUT2D eigenvalue weighted by Crippen LogP contribution is 2.40. The van der Waals surface area contributed by atoms with Gasteiger partial charge in [-0.1, -0.05) is 6.07 Å². The van der Waals surface area contributed by atoms with Crippen LogP contribution in [0.2, 0.25) is 0 Å². The van der Waals surface area contributed by atoms with Crippen LogP contribution in [-0.4, -0.2) is 51.1 Å². The van der Waals surface area contributed by atoms with Crippen molar-refractivity contribution in [2.24, 2.45) is 5.92 Å². The van der Waals surface area contributed by atoms with Gasteiger partial charge in [0.05, 0.1) is 0 Å². The Hall–Kier alpha value is -0.720. The molecule has 0 saturated carbocycles. The molecule has 1 aromatic rings. The second-order valence-corrected chi connectivity index (χ2v) is 6.29. The van der Waals surface area contributed by atoms with E-state index in [2.05, 4.69) is 28.4 Å². The highest BCUT2D eigenvalue weighted by Gasteiger charge is 2.32. The molecule has 4 rings (SSSR count). The van der Waals surface area contributed by atoms with Crippen molar-refractivity contribution < 1.29 is 14.2 Å². The molecular formula is C17H26Cl2N2O3. The summed E-state index contributed by atoms with van der Waals surface area (Å²) in [4.78, 5) is 2.63. The average Bonchev–Trinajstić information content (AvgIpc) is 3.05. The maximum atomic E-state index is 5.59. The maximum Gasteiger partial charge on any atom is 0.231 e. The van der Waals surface area contributed by atoms with E-state index in [1.165, 1.54) is 5.56 Å².